The summed E-state index contributed by atoms with van der Waals surface area (Å²) in [6, 6.07) is -0.284. The van der Waals surface area contributed by atoms with Crippen LogP contribution in [-0.4, -0.2) is 66.5 Å². The molecule has 0 aromatic carbocycles. The lowest BCUT2D eigenvalue weighted by atomic mass is 10.1. The van der Waals surface area contributed by atoms with Crippen LogP contribution in [0.4, 0.5) is 0 Å². The number of carbonyl (C=O) groups excluding carboxylic acids is 2. The average Bonchev–Trinajstić information content (AvgIpc) is 2.91. The molecule has 0 spiro atoms. The van der Waals surface area contributed by atoms with Crippen molar-refractivity contribution >= 4 is 23.6 Å². The quantitative estimate of drug-likeness (QED) is 0.778. The van der Waals surface area contributed by atoms with Crippen molar-refractivity contribution in [2.24, 2.45) is 5.92 Å². The predicted octanol–water partition coefficient (Wildman–Crippen LogP) is 0.612. The van der Waals surface area contributed by atoms with Crippen LogP contribution in [0.5, 0.6) is 0 Å². The van der Waals surface area contributed by atoms with Crippen LogP contribution in [0.25, 0.3) is 0 Å². The number of likely N-dealkylation sites (N-methyl/N-ethyl adjacent to an activating group) is 2. The van der Waals surface area contributed by atoms with Gasteiger partial charge in [-0.15, -0.1) is 11.8 Å². The van der Waals surface area contributed by atoms with Gasteiger partial charge in [-0.3, -0.25) is 9.59 Å². The summed E-state index contributed by atoms with van der Waals surface area (Å²) < 4.78 is 0. The molecule has 2 atom stereocenters. The van der Waals surface area contributed by atoms with E-state index in [0.717, 1.165) is 13.0 Å². The van der Waals surface area contributed by atoms with Crippen molar-refractivity contribution in [3.05, 3.63) is 0 Å². The third-order valence-corrected chi connectivity index (χ3v) is 4.57. The van der Waals surface area contributed by atoms with E-state index >= 15 is 0 Å². The van der Waals surface area contributed by atoms with Gasteiger partial charge in [-0.1, -0.05) is 13.8 Å². The van der Waals surface area contributed by atoms with E-state index in [1.807, 2.05) is 20.9 Å². The first kappa shape index (κ1) is 16.3. The zero-order valence-corrected chi connectivity index (χ0v) is 13.1. The standard InChI is InChI=1S/C13H25N3O2S/c1-5-10(2)12(17)16-9-19-8-11(16)13(18)15(4)7-6-14-3/h10-11,14H,5-9H2,1-4H3. The van der Waals surface area contributed by atoms with Crippen LogP contribution in [0.3, 0.4) is 0 Å². The van der Waals surface area contributed by atoms with Gasteiger partial charge in [-0.2, -0.15) is 0 Å². The molecule has 19 heavy (non-hydrogen) atoms. The van der Waals surface area contributed by atoms with Crippen LogP contribution in [0.1, 0.15) is 20.3 Å². The smallest absolute Gasteiger partial charge is 0.246 e. The first-order valence-corrected chi connectivity index (χ1v) is 7.96. The maximum absolute atomic E-state index is 12.4. The highest BCUT2D eigenvalue weighted by Gasteiger charge is 2.37. The maximum Gasteiger partial charge on any atom is 0.246 e. The second-order valence-corrected chi connectivity index (χ2v) is 6.00. The van der Waals surface area contributed by atoms with Gasteiger partial charge in [0.05, 0.1) is 5.88 Å². The third kappa shape index (κ3) is 4.11. The Morgan fingerprint density at radius 3 is 2.79 bits per heavy atom. The van der Waals surface area contributed by atoms with Crippen molar-refractivity contribution in [3.63, 3.8) is 0 Å². The number of rotatable bonds is 6. The fraction of sp³-hybridized carbons (Fsp3) is 0.846. The molecular formula is C13H25N3O2S. The van der Waals surface area contributed by atoms with Gasteiger partial charge < -0.3 is 15.1 Å². The van der Waals surface area contributed by atoms with E-state index in [2.05, 4.69) is 5.32 Å². The summed E-state index contributed by atoms with van der Waals surface area (Å²) in [4.78, 5) is 28.1. The van der Waals surface area contributed by atoms with Gasteiger partial charge >= 0.3 is 0 Å². The largest absolute Gasteiger partial charge is 0.343 e. The van der Waals surface area contributed by atoms with Crippen LogP contribution in [0.15, 0.2) is 0 Å². The number of hydrogen-bond donors (Lipinski definition) is 1. The van der Waals surface area contributed by atoms with Crippen LogP contribution in [0, 0.1) is 5.92 Å². The number of nitrogens with one attached hydrogen (secondary N) is 1. The van der Waals surface area contributed by atoms with Crippen LogP contribution in [-0.2, 0) is 9.59 Å². The Hall–Kier alpha value is -0.750. The Labute approximate surface area is 120 Å². The second kappa shape index (κ2) is 7.75. The lowest BCUT2D eigenvalue weighted by molar-refractivity contribution is -0.144. The van der Waals surface area contributed by atoms with Gasteiger partial charge in [0.15, 0.2) is 0 Å². The van der Waals surface area contributed by atoms with E-state index in [0.29, 0.717) is 18.2 Å². The molecule has 0 aromatic rings. The van der Waals surface area contributed by atoms with E-state index in [1.165, 1.54) is 0 Å². The zero-order chi connectivity index (χ0) is 14.4. The molecule has 1 saturated heterocycles. The summed E-state index contributed by atoms with van der Waals surface area (Å²) >= 11 is 1.66. The number of thioether (sulfide) groups is 1. The molecule has 1 aliphatic rings. The SMILES string of the molecule is CCC(C)C(=O)N1CSCC1C(=O)N(C)CCNC. The van der Waals surface area contributed by atoms with Gasteiger partial charge in [-0.05, 0) is 13.5 Å². The summed E-state index contributed by atoms with van der Waals surface area (Å²) in [6.45, 7) is 5.36. The number of carbonyl (C=O) groups is 2. The van der Waals surface area contributed by atoms with E-state index in [-0.39, 0.29) is 23.8 Å². The minimum absolute atomic E-state index is 0.00313. The van der Waals surface area contributed by atoms with Crippen LogP contribution < -0.4 is 5.32 Å². The fourth-order valence-corrected chi connectivity index (χ4v) is 3.12. The molecule has 0 aliphatic carbocycles. The summed E-state index contributed by atoms with van der Waals surface area (Å²) in [6.07, 6.45) is 0.816. The van der Waals surface area contributed by atoms with Gasteiger partial charge in [0, 0.05) is 31.8 Å². The van der Waals surface area contributed by atoms with E-state index in [9.17, 15) is 9.59 Å². The Bertz CT molecular complexity index is 325. The summed E-state index contributed by atoms with van der Waals surface area (Å²) in [5, 5.41) is 3.03. The van der Waals surface area contributed by atoms with Crippen molar-refractivity contribution in [1.82, 2.24) is 15.1 Å². The molecule has 5 nitrogen and oxygen atoms in total. The molecule has 2 unspecified atom stereocenters. The van der Waals surface area contributed by atoms with Crippen LogP contribution >= 0.6 is 11.8 Å². The molecule has 0 saturated carbocycles. The second-order valence-electron chi connectivity index (χ2n) is 5.00. The van der Waals surface area contributed by atoms with Crippen molar-refractivity contribution < 1.29 is 9.59 Å². The highest BCUT2D eigenvalue weighted by atomic mass is 32.2. The summed E-state index contributed by atoms with van der Waals surface area (Å²) in [5.41, 5.74) is 0. The van der Waals surface area contributed by atoms with Crippen molar-refractivity contribution in [2.45, 2.75) is 26.3 Å². The lowest BCUT2D eigenvalue weighted by Crippen LogP contribution is -2.50. The number of nitrogens with zero attached hydrogens (tertiary/aromatic N) is 2. The third-order valence-electron chi connectivity index (χ3n) is 3.56. The topological polar surface area (TPSA) is 52.7 Å². The first-order valence-electron chi connectivity index (χ1n) is 6.80. The molecule has 6 heteroatoms. The maximum atomic E-state index is 12.4. The summed E-state index contributed by atoms with van der Waals surface area (Å²) in [7, 11) is 3.66. The van der Waals surface area contributed by atoms with Gasteiger partial charge in [0.25, 0.3) is 0 Å². The molecule has 110 valence electrons. The van der Waals surface area contributed by atoms with Crippen molar-refractivity contribution in [2.75, 3.05) is 38.8 Å². The zero-order valence-electron chi connectivity index (χ0n) is 12.3. The van der Waals surface area contributed by atoms with Gasteiger partial charge in [-0.25, -0.2) is 0 Å². The van der Waals surface area contributed by atoms with Crippen molar-refractivity contribution in [3.8, 4) is 0 Å². The van der Waals surface area contributed by atoms with Gasteiger partial charge in [0.1, 0.15) is 6.04 Å². The molecule has 1 N–H and O–H groups in total. The molecule has 1 fully saturated rings. The van der Waals surface area contributed by atoms with E-state index in [4.69, 9.17) is 0 Å². The molecule has 1 rings (SSSR count). The van der Waals surface area contributed by atoms with Crippen LogP contribution in [0.2, 0.25) is 0 Å². The van der Waals surface area contributed by atoms with E-state index in [1.54, 1.807) is 28.6 Å². The molecule has 0 bridgehead atoms. The Morgan fingerprint density at radius 2 is 2.21 bits per heavy atom. The average molecular weight is 287 g/mol. The molecule has 2 amide bonds. The molecule has 0 aromatic heterocycles. The van der Waals surface area contributed by atoms with Crippen molar-refractivity contribution in [1.29, 1.82) is 0 Å². The molecule has 1 aliphatic heterocycles. The lowest BCUT2D eigenvalue weighted by Gasteiger charge is -2.29. The summed E-state index contributed by atoms with van der Waals surface area (Å²) in [5.74, 6) is 1.51. The highest BCUT2D eigenvalue weighted by molar-refractivity contribution is 7.99. The minimum atomic E-state index is -0.284. The highest BCUT2D eigenvalue weighted by Crippen LogP contribution is 2.24. The minimum Gasteiger partial charge on any atom is -0.343 e. The normalized spacial score (nSPS) is 20.4. The first-order chi connectivity index (χ1) is 9.02. The predicted molar refractivity (Wildman–Crippen MR) is 79.0 cm³/mol. The number of hydrogen-bond acceptors (Lipinski definition) is 4. The Kier molecular flexibility index (Phi) is 6.65. The molecular weight excluding hydrogens is 262 g/mol. The molecule has 1 heterocycles. The fourth-order valence-electron chi connectivity index (χ4n) is 1.97. The van der Waals surface area contributed by atoms with Gasteiger partial charge in [0.2, 0.25) is 11.8 Å². The monoisotopic (exact) mass is 287 g/mol. The Morgan fingerprint density at radius 1 is 1.53 bits per heavy atom. The molecule has 0 radical (unpaired) electrons. The van der Waals surface area contributed by atoms with E-state index < -0.39 is 0 Å². The number of amides is 2. The Balaban J connectivity index is 2.65.